The zero-order valence-corrected chi connectivity index (χ0v) is 17.4. The summed E-state index contributed by atoms with van der Waals surface area (Å²) in [5.41, 5.74) is 4.30. The molecule has 152 valence electrons. The first-order chi connectivity index (χ1) is 13.4. The molecule has 3 aromatic rings. The number of aromatic nitrogens is 2. The third kappa shape index (κ3) is 4.03. The maximum Gasteiger partial charge on any atom is 0.229 e. The lowest BCUT2D eigenvalue weighted by molar-refractivity contribution is 0.592. The van der Waals surface area contributed by atoms with Crippen LogP contribution < -0.4 is 10.2 Å². The van der Waals surface area contributed by atoms with Gasteiger partial charge in [0, 0.05) is 17.8 Å². The molecule has 4 rings (SSSR count). The summed E-state index contributed by atoms with van der Waals surface area (Å²) < 4.78 is 27.6. The summed E-state index contributed by atoms with van der Waals surface area (Å²) in [6.45, 7) is 6.74. The summed E-state index contributed by atoms with van der Waals surface area (Å²) in [5, 5.41) is 2.99. The largest absolute Gasteiger partial charge is 0.349 e. The van der Waals surface area contributed by atoms with Crippen molar-refractivity contribution in [1.82, 2.24) is 9.97 Å². The van der Waals surface area contributed by atoms with Crippen molar-refractivity contribution in [2.75, 3.05) is 16.8 Å². The summed E-state index contributed by atoms with van der Waals surface area (Å²) in [7, 11) is 0. The van der Waals surface area contributed by atoms with Crippen LogP contribution in [-0.2, 0) is 6.42 Å². The number of rotatable bonds is 3. The van der Waals surface area contributed by atoms with Gasteiger partial charge in [-0.1, -0.05) is 18.2 Å². The molecular weight excluding hydrogens is 394 g/mol. The van der Waals surface area contributed by atoms with Crippen molar-refractivity contribution in [1.29, 1.82) is 0 Å². The maximum absolute atomic E-state index is 14.0. The third-order valence-electron chi connectivity index (χ3n) is 5.40. The highest BCUT2D eigenvalue weighted by atomic mass is 35.5. The number of nitrogens with one attached hydrogen (secondary N) is 1. The summed E-state index contributed by atoms with van der Waals surface area (Å²) in [6, 6.07) is 11.5. The second-order valence-electron chi connectivity index (χ2n) is 7.15. The van der Waals surface area contributed by atoms with Crippen LogP contribution in [0.15, 0.2) is 42.5 Å². The van der Waals surface area contributed by atoms with E-state index < -0.39 is 0 Å². The van der Waals surface area contributed by atoms with Gasteiger partial charge in [-0.2, -0.15) is 4.98 Å². The fourth-order valence-electron chi connectivity index (χ4n) is 3.72. The van der Waals surface area contributed by atoms with Crippen LogP contribution in [0.2, 0.25) is 0 Å². The lowest BCUT2D eigenvalue weighted by atomic mass is 9.93. The van der Waals surface area contributed by atoms with Crippen molar-refractivity contribution in [3.63, 3.8) is 0 Å². The van der Waals surface area contributed by atoms with Gasteiger partial charge >= 0.3 is 0 Å². The minimum absolute atomic E-state index is 0. The minimum Gasteiger partial charge on any atom is -0.349 e. The highest BCUT2D eigenvalue weighted by Crippen LogP contribution is 2.35. The Balaban J connectivity index is 0.00000240. The first kappa shape index (κ1) is 21.0. The third-order valence-corrected chi connectivity index (χ3v) is 5.40. The molecule has 0 bridgehead atoms. The predicted molar refractivity (Wildman–Crippen MR) is 114 cm³/mol. The Kier molecular flexibility index (Phi) is 6.03. The molecule has 1 unspecified atom stereocenters. The summed E-state index contributed by atoms with van der Waals surface area (Å²) in [4.78, 5) is 11.4. The van der Waals surface area contributed by atoms with Crippen LogP contribution in [0.3, 0.4) is 0 Å². The summed E-state index contributed by atoms with van der Waals surface area (Å²) in [6.07, 6.45) is 0.746. The molecule has 0 saturated carbocycles. The molecule has 4 nitrogen and oxygen atoms in total. The number of halogens is 3. The molecule has 0 spiro atoms. The molecule has 7 heteroatoms. The van der Waals surface area contributed by atoms with E-state index in [1.165, 1.54) is 12.1 Å². The van der Waals surface area contributed by atoms with Gasteiger partial charge in [0.2, 0.25) is 5.95 Å². The molecule has 1 N–H and O–H groups in total. The molecule has 0 fully saturated rings. The number of fused-ring (bicyclic) bond motifs is 1. The van der Waals surface area contributed by atoms with E-state index in [9.17, 15) is 8.78 Å². The second kappa shape index (κ2) is 8.33. The van der Waals surface area contributed by atoms with Crippen molar-refractivity contribution >= 4 is 29.9 Å². The Labute approximate surface area is 175 Å². The fourth-order valence-corrected chi connectivity index (χ4v) is 3.72. The first-order valence-electron chi connectivity index (χ1n) is 9.36. The number of para-hydroxylation sites is 1. The van der Waals surface area contributed by atoms with E-state index in [0.717, 1.165) is 41.2 Å². The second-order valence-corrected chi connectivity index (χ2v) is 7.15. The van der Waals surface area contributed by atoms with Gasteiger partial charge in [-0.25, -0.2) is 13.8 Å². The van der Waals surface area contributed by atoms with Crippen LogP contribution in [0.1, 0.15) is 35.3 Å². The molecule has 1 aromatic heterocycles. The molecule has 0 saturated heterocycles. The lowest BCUT2D eigenvalue weighted by Crippen LogP contribution is -2.35. The number of hydrogen-bond acceptors (Lipinski definition) is 4. The van der Waals surface area contributed by atoms with Gasteiger partial charge in [0.1, 0.15) is 17.5 Å². The van der Waals surface area contributed by atoms with Crippen molar-refractivity contribution in [2.45, 2.75) is 33.2 Å². The van der Waals surface area contributed by atoms with E-state index in [2.05, 4.69) is 22.1 Å². The molecule has 1 aliphatic rings. The van der Waals surface area contributed by atoms with Gasteiger partial charge in [0.25, 0.3) is 0 Å². The van der Waals surface area contributed by atoms with Gasteiger partial charge in [0.05, 0.1) is 11.7 Å². The van der Waals surface area contributed by atoms with E-state index in [4.69, 9.17) is 4.98 Å². The Morgan fingerprint density at radius 1 is 1.07 bits per heavy atom. The fraction of sp³-hybridized carbons (Fsp3) is 0.273. The van der Waals surface area contributed by atoms with E-state index in [0.29, 0.717) is 11.6 Å². The van der Waals surface area contributed by atoms with E-state index in [-0.39, 0.29) is 30.1 Å². The van der Waals surface area contributed by atoms with Gasteiger partial charge in [-0.05, 0) is 62.6 Å². The van der Waals surface area contributed by atoms with Crippen LogP contribution in [0, 0.1) is 25.5 Å². The van der Waals surface area contributed by atoms with Crippen LogP contribution in [0.4, 0.5) is 26.2 Å². The van der Waals surface area contributed by atoms with E-state index >= 15 is 0 Å². The number of anilines is 3. The van der Waals surface area contributed by atoms with Gasteiger partial charge < -0.3 is 10.2 Å². The average molecular weight is 417 g/mol. The zero-order chi connectivity index (χ0) is 19.8. The monoisotopic (exact) mass is 416 g/mol. The molecule has 2 aromatic carbocycles. The van der Waals surface area contributed by atoms with E-state index in [1.807, 2.05) is 19.9 Å². The number of aryl methyl sites for hydroxylation is 1. The summed E-state index contributed by atoms with van der Waals surface area (Å²) in [5.74, 6) is 0.618. The Bertz CT molecular complexity index is 1040. The van der Waals surface area contributed by atoms with Crippen molar-refractivity contribution < 1.29 is 8.78 Å². The molecule has 0 radical (unpaired) electrons. The van der Waals surface area contributed by atoms with Crippen molar-refractivity contribution in [2.24, 2.45) is 0 Å². The SMILES string of the molecule is Cc1nc(Nc2ccccc2F)nc(N2CCc3cc(F)ccc3C2C)c1C.Cl. The highest BCUT2D eigenvalue weighted by Gasteiger charge is 2.27. The Morgan fingerprint density at radius 3 is 2.59 bits per heavy atom. The summed E-state index contributed by atoms with van der Waals surface area (Å²) >= 11 is 0. The predicted octanol–water partition coefficient (Wildman–Crippen LogP) is 5.66. The Hall–Kier alpha value is -2.73. The van der Waals surface area contributed by atoms with Crippen LogP contribution in [0.5, 0.6) is 0 Å². The minimum atomic E-state index is -0.354. The zero-order valence-electron chi connectivity index (χ0n) is 16.5. The molecule has 0 amide bonds. The van der Waals surface area contributed by atoms with Crippen molar-refractivity contribution in [3.05, 3.63) is 76.5 Å². The van der Waals surface area contributed by atoms with Gasteiger partial charge in [0.15, 0.2) is 0 Å². The quantitative estimate of drug-likeness (QED) is 0.598. The van der Waals surface area contributed by atoms with Gasteiger partial charge in [-0.15, -0.1) is 12.4 Å². The number of nitrogens with zero attached hydrogens (tertiary/aromatic N) is 3. The van der Waals surface area contributed by atoms with Crippen LogP contribution in [0.25, 0.3) is 0 Å². The molecule has 29 heavy (non-hydrogen) atoms. The standard InChI is InChI=1S/C22H22F2N4.ClH/c1-13-14(2)25-22(26-20-7-5-4-6-19(20)24)27-21(13)28-11-10-16-12-17(23)8-9-18(16)15(28)3;/h4-9,12,15H,10-11H2,1-3H3,(H,25,26,27);1H. The van der Waals surface area contributed by atoms with Crippen LogP contribution >= 0.6 is 12.4 Å². The normalized spacial score (nSPS) is 15.5. The number of benzene rings is 2. The lowest BCUT2D eigenvalue weighted by Gasteiger charge is -2.37. The maximum atomic E-state index is 14.0. The van der Waals surface area contributed by atoms with Gasteiger partial charge in [-0.3, -0.25) is 0 Å². The smallest absolute Gasteiger partial charge is 0.229 e. The number of hydrogen-bond donors (Lipinski definition) is 1. The molecular formula is C22H23ClF2N4. The Morgan fingerprint density at radius 2 is 1.83 bits per heavy atom. The highest BCUT2D eigenvalue weighted by molar-refractivity contribution is 5.85. The molecule has 0 aliphatic carbocycles. The average Bonchev–Trinajstić information content (AvgIpc) is 2.67. The molecule has 1 atom stereocenters. The first-order valence-corrected chi connectivity index (χ1v) is 9.36. The topological polar surface area (TPSA) is 41.1 Å². The molecule has 1 aliphatic heterocycles. The van der Waals surface area contributed by atoms with E-state index in [1.54, 1.807) is 24.3 Å². The molecule has 2 heterocycles. The van der Waals surface area contributed by atoms with Crippen molar-refractivity contribution in [3.8, 4) is 0 Å². The van der Waals surface area contributed by atoms with Crippen LogP contribution in [-0.4, -0.2) is 16.5 Å².